The molecule has 2 rings (SSSR count). The third-order valence-electron chi connectivity index (χ3n) is 2.31. The van der Waals surface area contributed by atoms with Crippen LogP contribution in [0, 0.1) is 0 Å². The molecule has 0 saturated heterocycles. The van der Waals surface area contributed by atoms with Crippen LogP contribution in [0.2, 0.25) is 0 Å². The highest BCUT2D eigenvalue weighted by Crippen LogP contribution is 2.46. The van der Waals surface area contributed by atoms with E-state index in [9.17, 15) is 0 Å². The van der Waals surface area contributed by atoms with Crippen molar-refractivity contribution in [3.05, 3.63) is 24.3 Å². The van der Waals surface area contributed by atoms with Crippen LogP contribution in [0.15, 0.2) is 29.2 Å². The number of benzene rings is 1. The third-order valence-corrected chi connectivity index (χ3v) is 4.93. The monoisotopic (exact) mass is 225 g/mol. The second kappa shape index (κ2) is 4.49. The van der Waals surface area contributed by atoms with E-state index in [0.29, 0.717) is 4.71 Å². The van der Waals surface area contributed by atoms with Gasteiger partial charge in [0.05, 0.1) is 5.69 Å². The first-order valence-electron chi connectivity index (χ1n) is 5.00. The summed E-state index contributed by atoms with van der Waals surface area (Å²) in [5, 5.41) is 0. The van der Waals surface area contributed by atoms with Crippen molar-refractivity contribution in [2.24, 2.45) is 0 Å². The zero-order valence-electron chi connectivity index (χ0n) is 8.56. The molecule has 0 N–H and O–H groups in total. The number of hydrogen-bond acceptors (Lipinski definition) is 3. The van der Waals surface area contributed by atoms with Gasteiger partial charge in [-0.25, -0.2) is 0 Å². The highest BCUT2D eigenvalue weighted by molar-refractivity contribution is 8.17. The van der Waals surface area contributed by atoms with Crippen molar-refractivity contribution in [2.45, 2.75) is 23.4 Å². The fourth-order valence-electron chi connectivity index (χ4n) is 1.67. The van der Waals surface area contributed by atoms with E-state index in [2.05, 4.69) is 43.0 Å². The molecular formula is C11H15NS2. The fourth-order valence-corrected chi connectivity index (χ4v) is 4.46. The summed E-state index contributed by atoms with van der Waals surface area (Å²) >= 11 is 4.00. The number of thioether (sulfide) groups is 2. The molecule has 1 unspecified atom stereocenters. The quantitative estimate of drug-likeness (QED) is 0.773. The zero-order valence-corrected chi connectivity index (χ0v) is 10.2. The van der Waals surface area contributed by atoms with Crippen molar-refractivity contribution in [2.75, 3.05) is 17.2 Å². The lowest BCUT2D eigenvalue weighted by Crippen LogP contribution is -2.26. The van der Waals surface area contributed by atoms with Crippen molar-refractivity contribution in [1.29, 1.82) is 0 Å². The van der Waals surface area contributed by atoms with Crippen LogP contribution in [0.5, 0.6) is 0 Å². The van der Waals surface area contributed by atoms with Gasteiger partial charge >= 0.3 is 0 Å². The van der Waals surface area contributed by atoms with Crippen LogP contribution in [0.25, 0.3) is 0 Å². The molecule has 76 valence electrons. The number of para-hydroxylation sites is 1. The first-order valence-corrected chi connectivity index (χ1v) is 6.93. The van der Waals surface area contributed by atoms with Gasteiger partial charge in [0.1, 0.15) is 4.71 Å². The van der Waals surface area contributed by atoms with Crippen molar-refractivity contribution in [1.82, 2.24) is 0 Å². The molecule has 0 radical (unpaired) electrons. The Morgan fingerprint density at radius 2 is 2.14 bits per heavy atom. The van der Waals surface area contributed by atoms with Crippen molar-refractivity contribution < 1.29 is 0 Å². The predicted octanol–water partition coefficient (Wildman–Crippen LogP) is 3.66. The van der Waals surface area contributed by atoms with Gasteiger partial charge in [-0.15, -0.1) is 11.8 Å². The Bertz CT molecular complexity index is 314. The van der Waals surface area contributed by atoms with Gasteiger partial charge in [-0.1, -0.05) is 30.8 Å². The van der Waals surface area contributed by atoms with Crippen LogP contribution < -0.4 is 4.90 Å². The third kappa shape index (κ3) is 1.75. The van der Waals surface area contributed by atoms with Crippen molar-refractivity contribution in [3.63, 3.8) is 0 Å². The number of rotatable bonds is 3. The maximum atomic E-state index is 2.48. The second-order valence-electron chi connectivity index (χ2n) is 3.13. The number of nitrogens with zero attached hydrogens (tertiary/aromatic N) is 1. The highest BCUT2D eigenvalue weighted by atomic mass is 32.2. The van der Waals surface area contributed by atoms with Crippen molar-refractivity contribution >= 4 is 29.2 Å². The molecule has 0 fully saturated rings. The summed E-state index contributed by atoms with van der Waals surface area (Å²) in [6.45, 7) is 5.55. The summed E-state index contributed by atoms with van der Waals surface area (Å²) in [4.78, 5) is 3.91. The molecule has 0 amide bonds. The first kappa shape index (κ1) is 10.2. The number of fused-ring (bicyclic) bond motifs is 1. The van der Waals surface area contributed by atoms with E-state index >= 15 is 0 Å². The maximum absolute atomic E-state index is 2.48. The molecule has 0 aromatic heterocycles. The standard InChI is InChI=1S/C11H15NS2/c1-3-12-9-7-5-6-8-10(9)14-11(12)13-4-2/h5-8,11H,3-4H2,1-2H3. The van der Waals surface area contributed by atoms with Gasteiger partial charge in [0.15, 0.2) is 0 Å². The van der Waals surface area contributed by atoms with Gasteiger partial charge in [0.25, 0.3) is 0 Å². The van der Waals surface area contributed by atoms with Gasteiger partial charge < -0.3 is 4.90 Å². The Labute approximate surface area is 94.3 Å². The minimum Gasteiger partial charge on any atom is -0.350 e. The van der Waals surface area contributed by atoms with Crippen molar-refractivity contribution in [3.8, 4) is 0 Å². The molecule has 1 heterocycles. The van der Waals surface area contributed by atoms with Crippen LogP contribution in [0.1, 0.15) is 13.8 Å². The lowest BCUT2D eigenvalue weighted by Gasteiger charge is -2.23. The van der Waals surface area contributed by atoms with Gasteiger partial charge in [0, 0.05) is 11.4 Å². The SMILES string of the molecule is CCSC1Sc2ccccc2N1CC. The lowest BCUT2D eigenvalue weighted by atomic mass is 10.3. The molecule has 1 nitrogen and oxygen atoms in total. The largest absolute Gasteiger partial charge is 0.350 e. The Morgan fingerprint density at radius 1 is 1.36 bits per heavy atom. The minimum absolute atomic E-state index is 0.586. The number of hydrogen-bond donors (Lipinski definition) is 0. The van der Waals surface area contributed by atoms with Crippen LogP contribution in [0.4, 0.5) is 5.69 Å². The van der Waals surface area contributed by atoms with Crippen LogP contribution in [-0.2, 0) is 0 Å². The molecule has 1 atom stereocenters. The molecule has 0 spiro atoms. The van der Waals surface area contributed by atoms with Gasteiger partial charge in [-0.2, -0.15) is 0 Å². The summed E-state index contributed by atoms with van der Waals surface area (Å²) in [6, 6.07) is 8.70. The molecule has 1 aliphatic rings. The Balaban J connectivity index is 2.24. The summed E-state index contributed by atoms with van der Waals surface area (Å²) in [6.07, 6.45) is 0. The zero-order chi connectivity index (χ0) is 9.97. The smallest absolute Gasteiger partial charge is 0.127 e. The highest BCUT2D eigenvalue weighted by Gasteiger charge is 2.27. The Kier molecular flexibility index (Phi) is 3.29. The normalized spacial score (nSPS) is 19.9. The van der Waals surface area contributed by atoms with E-state index in [1.54, 1.807) is 0 Å². The molecule has 0 saturated carbocycles. The summed E-state index contributed by atoms with van der Waals surface area (Å²) in [5.74, 6) is 1.18. The van der Waals surface area contributed by atoms with E-state index in [0.717, 1.165) is 6.54 Å². The van der Waals surface area contributed by atoms with Crippen LogP contribution in [-0.4, -0.2) is 17.0 Å². The molecule has 3 heteroatoms. The molecule has 1 aromatic rings. The Morgan fingerprint density at radius 3 is 2.86 bits per heavy atom. The van der Waals surface area contributed by atoms with E-state index in [1.165, 1.54) is 16.3 Å². The number of anilines is 1. The van der Waals surface area contributed by atoms with Gasteiger partial charge in [0.2, 0.25) is 0 Å². The average molecular weight is 225 g/mol. The molecule has 1 aromatic carbocycles. The summed E-state index contributed by atoms with van der Waals surface area (Å²) in [7, 11) is 0. The molecule has 14 heavy (non-hydrogen) atoms. The second-order valence-corrected chi connectivity index (χ2v) is 5.91. The lowest BCUT2D eigenvalue weighted by molar-refractivity contribution is 0.923. The van der Waals surface area contributed by atoms with E-state index in [4.69, 9.17) is 0 Å². The molecule has 0 bridgehead atoms. The average Bonchev–Trinajstić information content (AvgIpc) is 2.55. The van der Waals surface area contributed by atoms with E-state index < -0.39 is 0 Å². The van der Waals surface area contributed by atoms with Crippen LogP contribution in [0.3, 0.4) is 0 Å². The fraction of sp³-hybridized carbons (Fsp3) is 0.455. The summed E-state index contributed by atoms with van der Waals surface area (Å²) in [5.41, 5.74) is 1.41. The van der Waals surface area contributed by atoms with Crippen LogP contribution >= 0.6 is 23.5 Å². The first-order chi connectivity index (χ1) is 6.86. The predicted molar refractivity (Wildman–Crippen MR) is 67.2 cm³/mol. The molecular weight excluding hydrogens is 210 g/mol. The van der Waals surface area contributed by atoms with Gasteiger partial charge in [-0.05, 0) is 24.8 Å². The van der Waals surface area contributed by atoms with E-state index in [-0.39, 0.29) is 0 Å². The Hall–Kier alpha value is -0.280. The van der Waals surface area contributed by atoms with Gasteiger partial charge in [-0.3, -0.25) is 0 Å². The topological polar surface area (TPSA) is 3.24 Å². The maximum Gasteiger partial charge on any atom is 0.127 e. The van der Waals surface area contributed by atoms with E-state index in [1.807, 2.05) is 23.5 Å². The molecule has 0 aliphatic carbocycles. The summed E-state index contributed by atoms with van der Waals surface area (Å²) < 4.78 is 0.586. The minimum atomic E-state index is 0.586. The molecule has 1 aliphatic heterocycles.